The lowest BCUT2D eigenvalue weighted by atomic mass is 9.93. The standard InChI is InChI=1S/C22H25N3O2S/c1-27-17-7-2-14(3-8-17)10-11-25-13-23-21-20(22(25)26)18-9-6-16(12-19(18)28-21)24-15-4-5-15/h2-3,7-8,13,15-16,24H,4-6,9-12H2,1H3/t16-/m0/s1. The molecule has 0 bridgehead atoms. The molecule has 6 heteroatoms. The molecule has 1 atom stereocenters. The molecule has 3 aromatic rings. The van der Waals surface area contributed by atoms with Gasteiger partial charge in [-0.05, 0) is 61.8 Å². The number of hydrogen-bond acceptors (Lipinski definition) is 5. The largest absolute Gasteiger partial charge is 0.497 e. The molecule has 1 N–H and O–H groups in total. The van der Waals surface area contributed by atoms with Crippen LogP contribution < -0.4 is 15.6 Å². The second-order valence-corrected chi connectivity index (χ2v) is 8.99. The number of nitrogens with one attached hydrogen (secondary N) is 1. The summed E-state index contributed by atoms with van der Waals surface area (Å²) in [5.74, 6) is 0.850. The summed E-state index contributed by atoms with van der Waals surface area (Å²) < 4.78 is 6.98. The summed E-state index contributed by atoms with van der Waals surface area (Å²) in [5, 5.41) is 4.61. The van der Waals surface area contributed by atoms with E-state index in [0.717, 1.165) is 47.7 Å². The lowest BCUT2D eigenvalue weighted by molar-refractivity contribution is 0.414. The van der Waals surface area contributed by atoms with E-state index in [1.54, 1.807) is 29.3 Å². The molecule has 0 amide bonds. The number of aryl methyl sites for hydroxylation is 3. The van der Waals surface area contributed by atoms with Gasteiger partial charge in [0.1, 0.15) is 10.6 Å². The monoisotopic (exact) mass is 395 g/mol. The first kappa shape index (κ1) is 17.9. The third-order valence-electron chi connectivity index (χ3n) is 5.88. The predicted octanol–water partition coefficient (Wildman–Crippen LogP) is 3.32. The summed E-state index contributed by atoms with van der Waals surface area (Å²) in [6.45, 7) is 0.643. The van der Waals surface area contributed by atoms with Crippen LogP contribution in [0, 0.1) is 0 Å². The Balaban J connectivity index is 1.37. The van der Waals surface area contributed by atoms with E-state index < -0.39 is 0 Å². The van der Waals surface area contributed by atoms with Crippen molar-refractivity contribution < 1.29 is 4.74 Å². The zero-order chi connectivity index (χ0) is 19.1. The van der Waals surface area contributed by atoms with Crippen LogP contribution in [0.4, 0.5) is 0 Å². The highest BCUT2D eigenvalue weighted by Gasteiger charge is 2.29. The van der Waals surface area contributed by atoms with E-state index in [4.69, 9.17) is 4.74 Å². The minimum Gasteiger partial charge on any atom is -0.497 e. The summed E-state index contributed by atoms with van der Waals surface area (Å²) in [6.07, 6.45) is 8.30. The van der Waals surface area contributed by atoms with Crippen molar-refractivity contribution in [2.24, 2.45) is 0 Å². The molecule has 0 radical (unpaired) electrons. The topological polar surface area (TPSA) is 56.2 Å². The van der Waals surface area contributed by atoms with E-state index in [1.165, 1.54) is 28.8 Å². The molecule has 2 aromatic heterocycles. The average molecular weight is 396 g/mol. The molecule has 1 saturated carbocycles. The van der Waals surface area contributed by atoms with E-state index in [-0.39, 0.29) is 5.56 Å². The average Bonchev–Trinajstić information content (AvgIpc) is 3.45. The summed E-state index contributed by atoms with van der Waals surface area (Å²) in [4.78, 5) is 20.0. The maximum absolute atomic E-state index is 13.1. The molecule has 2 heterocycles. The van der Waals surface area contributed by atoms with Crippen LogP contribution in [0.5, 0.6) is 5.75 Å². The molecule has 5 rings (SSSR count). The van der Waals surface area contributed by atoms with Gasteiger partial charge in [-0.2, -0.15) is 0 Å². The van der Waals surface area contributed by atoms with Crippen molar-refractivity contribution in [1.29, 1.82) is 0 Å². The fourth-order valence-corrected chi connectivity index (χ4v) is 5.39. The van der Waals surface area contributed by atoms with Crippen molar-refractivity contribution >= 4 is 21.6 Å². The van der Waals surface area contributed by atoms with Crippen LogP contribution in [-0.4, -0.2) is 28.7 Å². The highest BCUT2D eigenvalue weighted by molar-refractivity contribution is 7.18. The van der Waals surface area contributed by atoms with E-state index in [0.29, 0.717) is 12.6 Å². The number of aromatic nitrogens is 2. The van der Waals surface area contributed by atoms with Crippen LogP contribution in [-0.2, 0) is 25.8 Å². The third-order valence-corrected chi connectivity index (χ3v) is 7.05. The highest BCUT2D eigenvalue weighted by Crippen LogP contribution is 2.34. The number of nitrogens with zero attached hydrogens (tertiary/aromatic N) is 2. The molecule has 1 fully saturated rings. The smallest absolute Gasteiger partial charge is 0.262 e. The molecule has 0 aliphatic heterocycles. The summed E-state index contributed by atoms with van der Waals surface area (Å²) in [6, 6.07) is 9.31. The van der Waals surface area contributed by atoms with Crippen molar-refractivity contribution in [3.05, 3.63) is 57.0 Å². The van der Waals surface area contributed by atoms with Gasteiger partial charge in [0.05, 0.1) is 18.8 Å². The molecule has 146 valence electrons. The Morgan fingerprint density at radius 2 is 2.04 bits per heavy atom. The number of ether oxygens (including phenoxy) is 1. The second kappa shape index (κ2) is 7.33. The number of rotatable bonds is 6. The Morgan fingerprint density at radius 1 is 1.21 bits per heavy atom. The van der Waals surface area contributed by atoms with Gasteiger partial charge in [0.2, 0.25) is 0 Å². The van der Waals surface area contributed by atoms with Gasteiger partial charge in [0.15, 0.2) is 0 Å². The van der Waals surface area contributed by atoms with Crippen molar-refractivity contribution in [3.63, 3.8) is 0 Å². The quantitative estimate of drug-likeness (QED) is 0.696. The van der Waals surface area contributed by atoms with Gasteiger partial charge < -0.3 is 10.1 Å². The minimum absolute atomic E-state index is 0.115. The van der Waals surface area contributed by atoms with Crippen LogP contribution in [0.15, 0.2) is 35.4 Å². The third kappa shape index (κ3) is 3.47. The van der Waals surface area contributed by atoms with Gasteiger partial charge in [0.25, 0.3) is 5.56 Å². The molecule has 1 aromatic carbocycles. The van der Waals surface area contributed by atoms with Crippen LogP contribution in [0.3, 0.4) is 0 Å². The van der Waals surface area contributed by atoms with Crippen molar-refractivity contribution in [2.75, 3.05) is 7.11 Å². The van der Waals surface area contributed by atoms with Crippen LogP contribution in [0.25, 0.3) is 10.2 Å². The van der Waals surface area contributed by atoms with Crippen molar-refractivity contribution in [2.45, 2.75) is 57.2 Å². The molecule has 0 saturated heterocycles. The first-order valence-electron chi connectivity index (χ1n) is 10.1. The number of fused-ring (bicyclic) bond motifs is 3. The van der Waals surface area contributed by atoms with Crippen LogP contribution in [0.1, 0.15) is 35.3 Å². The first-order valence-corrected chi connectivity index (χ1v) is 10.9. The molecule has 28 heavy (non-hydrogen) atoms. The molecule has 2 aliphatic carbocycles. The molecule has 2 aliphatic rings. The molecular weight excluding hydrogens is 370 g/mol. The van der Waals surface area contributed by atoms with E-state index >= 15 is 0 Å². The van der Waals surface area contributed by atoms with Crippen LogP contribution in [0.2, 0.25) is 0 Å². The van der Waals surface area contributed by atoms with E-state index in [1.807, 2.05) is 12.1 Å². The number of hydrogen-bond donors (Lipinski definition) is 1. The number of benzene rings is 1. The van der Waals surface area contributed by atoms with Gasteiger partial charge in [-0.15, -0.1) is 11.3 Å². The van der Waals surface area contributed by atoms with Gasteiger partial charge in [0, 0.05) is 23.5 Å². The summed E-state index contributed by atoms with van der Waals surface area (Å²) in [5.41, 5.74) is 2.56. The Bertz CT molecular complexity index is 1050. The number of thiophene rings is 1. The first-order chi connectivity index (χ1) is 13.7. The van der Waals surface area contributed by atoms with Gasteiger partial charge >= 0.3 is 0 Å². The lowest BCUT2D eigenvalue weighted by Crippen LogP contribution is -2.35. The van der Waals surface area contributed by atoms with E-state index in [9.17, 15) is 4.79 Å². The molecular formula is C22H25N3O2S. The zero-order valence-corrected chi connectivity index (χ0v) is 16.9. The van der Waals surface area contributed by atoms with Crippen molar-refractivity contribution in [3.8, 4) is 5.75 Å². The fourth-order valence-electron chi connectivity index (χ4n) is 4.13. The van der Waals surface area contributed by atoms with Crippen LogP contribution >= 0.6 is 11.3 Å². The lowest BCUT2D eigenvalue weighted by Gasteiger charge is -2.23. The van der Waals surface area contributed by atoms with Crippen molar-refractivity contribution in [1.82, 2.24) is 14.9 Å². The Hall–Kier alpha value is -2.18. The molecule has 0 unspecified atom stereocenters. The van der Waals surface area contributed by atoms with Gasteiger partial charge in [-0.3, -0.25) is 9.36 Å². The van der Waals surface area contributed by atoms with Gasteiger partial charge in [-0.1, -0.05) is 12.1 Å². The number of methoxy groups -OCH3 is 1. The van der Waals surface area contributed by atoms with E-state index in [2.05, 4.69) is 22.4 Å². The Morgan fingerprint density at radius 3 is 2.79 bits per heavy atom. The molecule has 0 spiro atoms. The zero-order valence-electron chi connectivity index (χ0n) is 16.1. The maximum Gasteiger partial charge on any atom is 0.262 e. The second-order valence-electron chi connectivity index (χ2n) is 7.91. The maximum atomic E-state index is 13.1. The molecule has 5 nitrogen and oxygen atoms in total. The SMILES string of the molecule is COc1ccc(CCn2cnc3sc4c(c3c2=O)CC[C@H](NC2CC2)C4)cc1. The Kier molecular flexibility index (Phi) is 4.69. The predicted molar refractivity (Wildman–Crippen MR) is 113 cm³/mol. The normalized spacial score (nSPS) is 19.0. The fraction of sp³-hybridized carbons (Fsp3) is 0.455. The van der Waals surface area contributed by atoms with Gasteiger partial charge in [-0.25, -0.2) is 4.98 Å². The Labute approximate surface area is 168 Å². The highest BCUT2D eigenvalue weighted by atomic mass is 32.1. The summed E-state index contributed by atoms with van der Waals surface area (Å²) in [7, 11) is 1.67. The summed E-state index contributed by atoms with van der Waals surface area (Å²) >= 11 is 1.71. The minimum atomic E-state index is 0.115.